The van der Waals surface area contributed by atoms with Crippen molar-refractivity contribution in [2.24, 2.45) is 0 Å². The first-order valence-electron chi connectivity index (χ1n) is 5.69. The van der Waals surface area contributed by atoms with E-state index in [2.05, 4.69) is 6.07 Å². The fourth-order valence-electron chi connectivity index (χ4n) is 1.63. The topological polar surface area (TPSA) is 40.9 Å². The van der Waals surface area contributed by atoms with Gasteiger partial charge in [-0.15, -0.1) is 0 Å². The minimum Gasteiger partial charge on any atom is -0.294 e. The van der Waals surface area contributed by atoms with Crippen LogP contribution in [0.5, 0.6) is 0 Å². The Morgan fingerprint density at radius 1 is 1.15 bits per heavy atom. The van der Waals surface area contributed by atoms with Crippen LogP contribution in [0.4, 0.5) is 0 Å². The summed E-state index contributed by atoms with van der Waals surface area (Å²) in [6, 6.07) is 12.3. The summed E-state index contributed by atoms with van der Waals surface area (Å²) < 4.78 is 0. The molecule has 2 aromatic carbocycles. The van der Waals surface area contributed by atoms with Crippen molar-refractivity contribution >= 4 is 40.7 Å². The lowest BCUT2D eigenvalue weighted by atomic mass is 10.1. The lowest BCUT2D eigenvalue weighted by Gasteiger charge is -2.08. The van der Waals surface area contributed by atoms with Gasteiger partial charge < -0.3 is 0 Å². The monoisotopic (exact) mass is 321 g/mol. The molecule has 0 radical (unpaired) electrons. The minimum absolute atomic E-state index is 0.0444. The average molecular weight is 322 g/mol. The van der Waals surface area contributed by atoms with Gasteiger partial charge in [0.25, 0.3) is 0 Å². The van der Waals surface area contributed by atoms with Crippen LogP contribution in [0.1, 0.15) is 22.8 Å². The molecule has 0 aromatic heterocycles. The Balaban J connectivity index is 2.43. The first-order chi connectivity index (χ1) is 9.51. The van der Waals surface area contributed by atoms with Crippen LogP contribution < -0.4 is 0 Å². The van der Waals surface area contributed by atoms with E-state index in [1.165, 1.54) is 18.7 Å². The Kier molecular flexibility index (Phi) is 4.72. The van der Waals surface area contributed by atoms with E-state index in [9.17, 15) is 4.79 Å². The second kappa shape index (κ2) is 6.32. The second-order valence-corrected chi connectivity index (χ2v) is 5.99. The highest BCUT2D eigenvalue weighted by molar-refractivity contribution is 7.99. The molecule has 0 spiro atoms. The molecule has 0 saturated heterocycles. The number of ketones is 1. The van der Waals surface area contributed by atoms with Gasteiger partial charge in [0.2, 0.25) is 0 Å². The van der Waals surface area contributed by atoms with E-state index in [0.717, 1.165) is 9.79 Å². The maximum atomic E-state index is 11.6. The molecule has 0 heterocycles. The van der Waals surface area contributed by atoms with Crippen molar-refractivity contribution < 1.29 is 4.79 Å². The average Bonchev–Trinajstić information content (AvgIpc) is 2.42. The number of carbonyl (C=O) groups is 1. The van der Waals surface area contributed by atoms with Crippen LogP contribution in [0.3, 0.4) is 0 Å². The molecule has 2 nitrogen and oxygen atoms in total. The minimum atomic E-state index is -0.0444. The second-order valence-electron chi connectivity index (χ2n) is 4.06. The zero-order chi connectivity index (χ0) is 14.7. The van der Waals surface area contributed by atoms with Crippen molar-refractivity contribution in [2.45, 2.75) is 16.7 Å². The van der Waals surface area contributed by atoms with Crippen molar-refractivity contribution in [2.75, 3.05) is 0 Å². The van der Waals surface area contributed by atoms with Gasteiger partial charge in [0.1, 0.15) is 0 Å². The van der Waals surface area contributed by atoms with E-state index in [4.69, 9.17) is 28.5 Å². The van der Waals surface area contributed by atoms with E-state index in [1.54, 1.807) is 30.3 Å². The van der Waals surface area contributed by atoms with Crippen LogP contribution in [0, 0.1) is 11.3 Å². The van der Waals surface area contributed by atoms with Gasteiger partial charge in [-0.25, -0.2) is 0 Å². The first-order valence-corrected chi connectivity index (χ1v) is 7.26. The molecule has 0 aliphatic carbocycles. The summed E-state index contributed by atoms with van der Waals surface area (Å²) in [4.78, 5) is 13.2. The predicted molar refractivity (Wildman–Crippen MR) is 81.7 cm³/mol. The van der Waals surface area contributed by atoms with E-state index in [0.29, 0.717) is 21.2 Å². The van der Waals surface area contributed by atoms with Gasteiger partial charge in [0.05, 0.1) is 21.7 Å². The van der Waals surface area contributed by atoms with Gasteiger partial charge in [-0.1, -0.05) is 35.0 Å². The summed E-state index contributed by atoms with van der Waals surface area (Å²) in [5.41, 5.74) is 1.10. The van der Waals surface area contributed by atoms with Crippen LogP contribution in [-0.2, 0) is 0 Å². The van der Waals surface area contributed by atoms with Crippen LogP contribution in [-0.4, -0.2) is 5.78 Å². The number of nitrogens with zero attached hydrogens (tertiary/aromatic N) is 1. The summed E-state index contributed by atoms with van der Waals surface area (Å²) in [5.74, 6) is -0.0444. The number of hydrogen-bond acceptors (Lipinski definition) is 3. The van der Waals surface area contributed by atoms with Crippen molar-refractivity contribution in [3.05, 3.63) is 57.6 Å². The van der Waals surface area contributed by atoms with Crippen LogP contribution in [0.2, 0.25) is 10.0 Å². The molecule has 0 saturated carbocycles. The lowest BCUT2D eigenvalue weighted by Crippen LogP contribution is -1.95. The number of halogens is 2. The quantitative estimate of drug-likeness (QED) is 0.728. The number of Topliss-reactive ketones (excluding diaryl/α,β-unsaturated/α-hetero) is 1. The molecule has 0 fully saturated rings. The fourth-order valence-corrected chi connectivity index (χ4v) is 3.07. The predicted octanol–water partition coefficient (Wildman–Crippen LogP) is 5.22. The van der Waals surface area contributed by atoms with Crippen molar-refractivity contribution in [1.82, 2.24) is 0 Å². The smallest absolute Gasteiger partial charge is 0.160 e. The SMILES string of the molecule is CC(=O)c1ccc(C#N)cc1Sc1ccc(Cl)c(Cl)c1. The molecule has 0 aliphatic heterocycles. The van der Waals surface area contributed by atoms with Crippen molar-refractivity contribution in [3.8, 4) is 6.07 Å². The number of rotatable bonds is 3. The molecule has 20 heavy (non-hydrogen) atoms. The lowest BCUT2D eigenvalue weighted by molar-refractivity contribution is 0.101. The molecule has 0 N–H and O–H groups in total. The number of carbonyl (C=O) groups excluding carboxylic acids is 1. The van der Waals surface area contributed by atoms with Crippen molar-refractivity contribution in [1.29, 1.82) is 5.26 Å². The third-order valence-corrected chi connectivity index (χ3v) is 4.40. The number of hydrogen-bond donors (Lipinski definition) is 0. The molecule has 0 atom stereocenters. The van der Waals surface area contributed by atoms with Gasteiger partial charge in [-0.05, 0) is 43.3 Å². The third-order valence-electron chi connectivity index (χ3n) is 2.61. The molecular formula is C15H9Cl2NOS. The molecule has 5 heteroatoms. The summed E-state index contributed by atoms with van der Waals surface area (Å²) in [5, 5.41) is 9.89. The molecule has 100 valence electrons. The molecule has 0 unspecified atom stereocenters. The summed E-state index contributed by atoms with van der Waals surface area (Å²) in [7, 11) is 0. The molecule has 0 amide bonds. The maximum absolute atomic E-state index is 11.6. The maximum Gasteiger partial charge on any atom is 0.160 e. The Labute approximate surface area is 131 Å². The molecule has 2 rings (SSSR count). The van der Waals surface area contributed by atoms with Gasteiger partial charge in [-0.2, -0.15) is 5.26 Å². The zero-order valence-corrected chi connectivity index (χ0v) is 12.8. The van der Waals surface area contributed by atoms with Crippen LogP contribution >= 0.6 is 35.0 Å². The van der Waals surface area contributed by atoms with Gasteiger partial charge in [0.15, 0.2) is 5.78 Å². The van der Waals surface area contributed by atoms with E-state index in [1.807, 2.05) is 6.07 Å². The largest absolute Gasteiger partial charge is 0.294 e. The Bertz CT molecular complexity index is 722. The van der Waals surface area contributed by atoms with E-state index < -0.39 is 0 Å². The van der Waals surface area contributed by atoms with Gasteiger partial charge in [-0.3, -0.25) is 4.79 Å². The normalized spacial score (nSPS) is 10.1. The molecular weight excluding hydrogens is 313 g/mol. The molecule has 2 aromatic rings. The van der Waals surface area contributed by atoms with Crippen LogP contribution in [0.25, 0.3) is 0 Å². The molecule has 0 aliphatic rings. The van der Waals surface area contributed by atoms with E-state index in [-0.39, 0.29) is 5.78 Å². The van der Waals surface area contributed by atoms with Crippen molar-refractivity contribution in [3.63, 3.8) is 0 Å². The first kappa shape index (κ1) is 14.9. The number of benzene rings is 2. The number of nitriles is 1. The highest BCUT2D eigenvalue weighted by Gasteiger charge is 2.10. The zero-order valence-electron chi connectivity index (χ0n) is 10.5. The Hall–Kier alpha value is -1.47. The standard InChI is InChI=1S/C15H9Cl2NOS/c1-9(19)12-4-2-10(8-18)6-15(12)20-11-3-5-13(16)14(17)7-11/h2-7H,1H3. The van der Waals surface area contributed by atoms with E-state index >= 15 is 0 Å². The fraction of sp³-hybridized carbons (Fsp3) is 0.0667. The molecule has 0 bridgehead atoms. The summed E-state index contributed by atoms with van der Waals surface area (Å²) in [6.45, 7) is 1.50. The highest BCUT2D eigenvalue weighted by Crippen LogP contribution is 2.34. The van der Waals surface area contributed by atoms with Gasteiger partial charge >= 0.3 is 0 Å². The van der Waals surface area contributed by atoms with Crippen LogP contribution in [0.15, 0.2) is 46.2 Å². The van der Waals surface area contributed by atoms with Gasteiger partial charge in [0, 0.05) is 15.4 Å². The summed E-state index contributed by atoms with van der Waals surface area (Å²) >= 11 is 13.2. The Morgan fingerprint density at radius 2 is 1.90 bits per heavy atom. The third kappa shape index (κ3) is 3.34. The highest BCUT2D eigenvalue weighted by atomic mass is 35.5. The summed E-state index contributed by atoms with van der Waals surface area (Å²) in [6.07, 6.45) is 0. The Morgan fingerprint density at radius 3 is 2.50 bits per heavy atom.